The summed E-state index contributed by atoms with van der Waals surface area (Å²) in [6.45, 7) is 1.99. The van der Waals surface area contributed by atoms with Crippen molar-refractivity contribution in [2.24, 2.45) is 0 Å². The number of nitrogens with zero attached hydrogens (tertiary/aromatic N) is 4. The molecule has 2 aromatic heterocycles. The molecule has 4 rings (SSSR count). The molecule has 0 saturated heterocycles. The summed E-state index contributed by atoms with van der Waals surface area (Å²) in [5.74, 6) is -0.0983. The van der Waals surface area contributed by atoms with Gasteiger partial charge < -0.3 is 9.47 Å². The summed E-state index contributed by atoms with van der Waals surface area (Å²) in [6, 6.07) is 5.51. The zero-order valence-electron chi connectivity index (χ0n) is 19.6. The van der Waals surface area contributed by atoms with E-state index in [1.807, 2.05) is 0 Å². The molecule has 2 radical (unpaired) electrons. The summed E-state index contributed by atoms with van der Waals surface area (Å²) in [6.07, 6.45) is 4.83. The summed E-state index contributed by atoms with van der Waals surface area (Å²) >= 11 is 12.0. The van der Waals surface area contributed by atoms with Crippen LogP contribution in [-0.2, 0) is 32.5 Å². The molecule has 9 nitrogen and oxygen atoms in total. The van der Waals surface area contributed by atoms with Crippen molar-refractivity contribution in [3.63, 3.8) is 0 Å². The molecule has 0 bridgehead atoms. The average molecular weight is 549 g/mol. The number of hydrogen-bond acceptors (Lipinski definition) is 7. The lowest BCUT2D eigenvalue weighted by atomic mass is 9.93. The third kappa shape index (κ3) is 5.39. The first-order chi connectivity index (χ1) is 17.1. The Morgan fingerprint density at radius 2 is 2.06 bits per heavy atom. The van der Waals surface area contributed by atoms with Gasteiger partial charge in [-0.3, -0.25) is 9.48 Å². The fraction of sp³-hybridized carbons (Fsp3) is 0.348. The van der Waals surface area contributed by atoms with Crippen molar-refractivity contribution in [3.05, 3.63) is 58.0 Å². The summed E-state index contributed by atoms with van der Waals surface area (Å²) in [4.78, 5) is 16.0. The van der Waals surface area contributed by atoms with Crippen LogP contribution in [0.5, 0.6) is 11.6 Å². The Balaban J connectivity index is 1.57. The normalized spacial score (nSPS) is 15.5. The maximum absolute atomic E-state index is 13.5. The van der Waals surface area contributed by atoms with E-state index in [-0.39, 0.29) is 40.2 Å². The standard InChI is InChI=1S/C23H23BCl2N4O5S/c1-3-34-22(31)13-30-20-6-4-5-19(16(20)12-28-30)29(2)36(32,33)15-10-17(24)23(27-11-15)35-21-8-7-14(25)9-18(21)26/h7-12,19H,3-6,13H2,1-2H3/t19-/m1/s1. The van der Waals surface area contributed by atoms with E-state index >= 15 is 0 Å². The number of aromatic nitrogens is 3. The van der Waals surface area contributed by atoms with Gasteiger partial charge in [-0.2, -0.15) is 9.40 Å². The van der Waals surface area contributed by atoms with Crippen molar-refractivity contribution in [3.8, 4) is 11.6 Å². The summed E-state index contributed by atoms with van der Waals surface area (Å²) in [5, 5.41) is 5.01. The monoisotopic (exact) mass is 548 g/mol. The van der Waals surface area contributed by atoms with Gasteiger partial charge in [0, 0.05) is 23.3 Å². The Morgan fingerprint density at radius 1 is 1.28 bits per heavy atom. The highest BCUT2D eigenvalue weighted by atomic mass is 35.5. The van der Waals surface area contributed by atoms with Crippen LogP contribution in [0.1, 0.15) is 37.1 Å². The first-order valence-corrected chi connectivity index (χ1v) is 13.4. The minimum absolute atomic E-state index is 0.0148. The third-order valence-corrected chi connectivity index (χ3v) is 8.25. The molecule has 0 fully saturated rings. The minimum Gasteiger partial charge on any atom is -0.465 e. The smallest absolute Gasteiger partial charge is 0.327 e. The van der Waals surface area contributed by atoms with Gasteiger partial charge in [0.15, 0.2) is 0 Å². The molecule has 1 atom stereocenters. The van der Waals surface area contributed by atoms with E-state index in [0.717, 1.165) is 17.7 Å². The molecule has 36 heavy (non-hydrogen) atoms. The zero-order valence-corrected chi connectivity index (χ0v) is 22.0. The minimum atomic E-state index is -3.97. The Labute approximate surface area is 220 Å². The number of hydrogen-bond donors (Lipinski definition) is 0. The van der Waals surface area contributed by atoms with Crippen LogP contribution in [0.15, 0.2) is 41.6 Å². The molecule has 1 aromatic carbocycles. The quantitative estimate of drug-likeness (QED) is 0.314. The van der Waals surface area contributed by atoms with Gasteiger partial charge in [-0.25, -0.2) is 13.4 Å². The summed E-state index contributed by atoms with van der Waals surface area (Å²) in [5.41, 5.74) is 1.61. The highest BCUT2D eigenvalue weighted by molar-refractivity contribution is 7.89. The number of ether oxygens (including phenoxy) is 2. The molecule has 0 amide bonds. The SMILES string of the molecule is [B]c1cc(S(=O)(=O)N(C)[C@@H]2CCCc3c2cnn3CC(=O)OCC)cnc1Oc1ccc(Cl)cc1Cl. The molecule has 1 aliphatic rings. The lowest BCUT2D eigenvalue weighted by Gasteiger charge is -2.31. The van der Waals surface area contributed by atoms with Crippen molar-refractivity contribution in [2.45, 2.75) is 43.7 Å². The van der Waals surface area contributed by atoms with E-state index in [1.54, 1.807) is 29.9 Å². The molecule has 0 unspecified atom stereocenters. The van der Waals surface area contributed by atoms with Crippen molar-refractivity contribution < 1.29 is 22.7 Å². The molecule has 1 aliphatic carbocycles. The van der Waals surface area contributed by atoms with Gasteiger partial charge in [0.25, 0.3) is 0 Å². The van der Waals surface area contributed by atoms with Gasteiger partial charge in [0.05, 0.1) is 30.1 Å². The van der Waals surface area contributed by atoms with E-state index < -0.39 is 22.0 Å². The van der Waals surface area contributed by atoms with Crippen LogP contribution in [-0.4, -0.2) is 55.0 Å². The molecule has 13 heteroatoms. The fourth-order valence-corrected chi connectivity index (χ4v) is 5.90. The molecular formula is C23H23BCl2N4O5S. The summed E-state index contributed by atoms with van der Waals surface area (Å²) < 4.78 is 40.5. The third-order valence-electron chi connectivity index (χ3n) is 5.89. The van der Waals surface area contributed by atoms with E-state index in [1.165, 1.54) is 29.7 Å². The number of carbonyl (C=O) groups excluding carboxylic acids is 1. The number of benzene rings is 1. The fourth-order valence-electron chi connectivity index (χ4n) is 4.11. The van der Waals surface area contributed by atoms with Gasteiger partial charge in [-0.15, -0.1) is 0 Å². The largest absolute Gasteiger partial charge is 0.465 e. The molecule has 0 saturated carbocycles. The number of sulfonamides is 1. The molecular weight excluding hydrogens is 526 g/mol. The maximum atomic E-state index is 13.5. The Bertz CT molecular complexity index is 1400. The van der Waals surface area contributed by atoms with E-state index in [0.29, 0.717) is 17.9 Å². The maximum Gasteiger partial charge on any atom is 0.327 e. The van der Waals surface area contributed by atoms with Crippen LogP contribution in [0.25, 0.3) is 0 Å². The second-order valence-electron chi connectivity index (χ2n) is 8.18. The van der Waals surface area contributed by atoms with E-state index in [2.05, 4.69) is 10.1 Å². The van der Waals surface area contributed by atoms with Crippen LogP contribution in [0.2, 0.25) is 10.0 Å². The first-order valence-electron chi connectivity index (χ1n) is 11.2. The first kappa shape index (κ1) is 26.5. The van der Waals surface area contributed by atoms with Gasteiger partial charge in [0.1, 0.15) is 25.0 Å². The highest BCUT2D eigenvalue weighted by Gasteiger charge is 2.34. The molecule has 0 N–H and O–H groups in total. The van der Waals surface area contributed by atoms with Crippen LogP contribution in [0.3, 0.4) is 0 Å². The predicted molar refractivity (Wildman–Crippen MR) is 136 cm³/mol. The Hall–Kier alpha value is -2.60. The second-order valence-corrected chi connectivity index (χ2v) is 11.0. The van der Waals surface area contributed by atoms with Crippen LogP contribution in [0, 0.1) is 0 Å². The molecule has 188 valence electrons. The molecule has 3 aromatic rings. The predicted octanol–water partition coefficient (Wildman–Crippen LogP) is 3.43. The van der Waals surface area contributed by atoms with Crippen molar-refractivity contribution in [1.82, 2.24) is 19.1 Å². The zero-order chi connectivity index (χ0) is 26.0. The summed E-state index contributed by atoms with van der Waals surface area (Å²) in [7, 11) is 3.62. The van der Waals surface area contributed by atoms with E-state index in [4.69, 9.17) is 40.5 Å². The number of carbonyl (C=O) groups is 1. The molecule has 0 aliphatic heterocycles. The highest BCUT2D eigenvalue weighted by Crippen LogP contribution is 2.36. The number of esters is 1. The Morgan fingerprint density at radius 3 is 2.75 bits per heavy atom. The number of pyridine rings is 1. The molecule has 2 heterocycles. The van der Waals surface area contributed by atoms with E-state index in [9.17, 15) is 13.2 Å². The van der Waals surface area contributed by atoms with Crippen LogP contribution >= 0.6 is 23.2 Å². The molecule has 0 spiro atoms. The van der Waals surface area contributed by atoms with Gasteiger partial charge in [0.2, 0.25) is 15.9 Å². The van der Waals surface area contributed by atoms with Crippen LogP contribution < -0.4 is 10.2 Å². The number of fused-ring (bicyclic) bond motifs is 1. The van der Waals surface area contributed by atoms with Crippen LogP contribution in [0.4, 0.5) is 0 Å². The van der Waals surface area contributed by atoms with Gasteiger partial charge in [-0.05, 0) is 55.9 Å². The lowest BCUT2D eigenvalue weighted by Crippen LogP contribution is -2.34. The topological polar surface area (TPSA) is 104 Å². The average Bonchev–Trinajstić information content (AvgIpc) is 3.24. The Kier molecular flexibility index (Phi) is 7.94. The second kappa shape index (κ2) is 10.8. The number of halogens is 2. The van der Waals surface area contributed by atoms with Gasteiger partial charge in [-0.1, -0.05) is 23.2 Å². The van der Waals surface area contributed by atoms with Gasteiger partial charge >= 0.3 is 5.97 Å². The van der Waals surface area contributed by atoms with Crippen molar-refractivity contribution in [2.75, 3.05) is 13.7 Å². The number of rotatable bonds is 8. The van der Waals surface area contributed by atoms with Crippen molar-refractivity contribution in [1.29, 1.82) is 0 Å². The van der Waals surface area contributed by atoms with Crippen molar-refractivity contribution >= 4 is 52.5 Å². The lowest BCUT2D eigenvalue weighted by molar-refractivity contribution is -0.144.